The van der Waals surface area contributed by atoms with E-state index in [2.05, 4.69) is 21.3 Å². The lowest BCUT2D eigenvalue weighted by Crippen LogP contribution is -2.70. The molecule has 0 aromatic rings. The first-order valence-corrected chi connectivity index (χ1v) is 25.1. The van der Waals surface area contributed by atoms with Gasteiger partial charge >= 0.3 is 0 Å². The van der Waals surface area contributed by atoms with Gasteiger partial charge in [-0.2, -0.15) is 0 Å². The number of aliphatic hydroxyl groups excluding tert-OH is 16. The van der Waals surface area contributed by atoms with E-state index < -0.39 is 247 Å². The van der Waals surface area contributed by atoms with Gasteiger partial charge in [0, 0.05) is 27.7 Å². The van der Waals surface area contributed by atoms with Crippen molar-refractivity contribution in [2.24, 2.45) is 0 Å². The number of hydrogen-bond donors (Lipinski definition) is 20. The third kappa shape index (κ3) is 15.0. The molecule has 6 fully saturated rings. The molecule has 6 saturated heterocycles. The van der Waals surface area contributed by atoms with Crippen LogP contribution in [0.1, 0.15) is 27.7 Å². The van der Waals surface area contributed by atoms with Crippen LogP contribution in [0.4, 0.5) is 0 Å². The lowest BCUT2D eigenvalue weighted by Gasteiger charge is -2.50. The summed E-state index contributed by atoms with van der Waals surface area (Å²) in [4.78, 5) is 49.5. The summed E-state index contributed by atoms with van der Waals surface area (Å²) in [6.07, 6.45) is -48.5. The van der Waals surface area contributed by atoms with Gasteiger partial charge in [-0.1, -0.05) is 0 Å². The van der Waals surface area contributed by atoms with Crippen LogP contribution >= 0.6 is 0 Å². The first kappa shape index (κ1) is 65.0. The smallest absolute Gasteiger partial charge is 0.217 e. The van der Waals surface area contributed by atoms with Gasteiger partial charge < -0.3 is 155 Å². The molecular formula is C44H74N4O31. The number of ether oxygens (including phenoxy) is 11. The molecule has 1 unspecified atom stereocenters. The minimum absolute atomic E-state index is 0.738. The van der Waals surface area contributed by atoms with E-state index in [1.54, 1.807) is 0 Å². The fraction of sp³-hybridized carbons (Fsp3) is 0.909. The SMILES string of the molecule is CC(=O)N[C@H]1[C@H](OC[C@H]2OC(O)[C@H](NC(C)=O)[C@@H](O[C@@H]3O[C@H](CO[C@@H]4O[C@H](CO)[C@@H](O)[C@H](O)[C@H]4NC(C)=O)[C@H](O)[C@H](O[C@@H]4O[C@H](CO)[C@@H](O)[C@H](O)[C@H]4NC(C)=O)[C@H]3O)[C@H]2O)O[C@H](CO)[C@@H](O[C@@H]2O[C@H](CO)[C@H](O)[C@H](O)[C@H]2O)[C@@H]1O. The van der Waals surface area contributed by atoms with E-state index in [-0.39, 0.29) is 0 Å². The summed E-state index contributed by atoms with van der Waals surface area (Å²) < 4.78 is 63.7. The molecule has 35 nitrogen and oxygen atoms in total. The predicted octanol–water partition coefficient (Wildman–Crippen LogP) is -13.5. The van der Waals surface area contributed by atoms with Crippen LogP contribution in [0.25, 0.3) is 0 Å². The summed E-state index contributed by atoms with van der Waals surface area (Å²) in [5.41, 5.74) is 0. The highest BCUT2D eigenvalue weighted by molar-refractivity contribution is 5.74. The fourth-order valence-corrected chi connectivity index (χ4v) is 9.92. The van der Waals surface area contributed by atoms with Crippen molar-refractivity contribution in [3.63, 3.8) is 0 Å². The Morgan fingerprint density at radius 3 is 1.15 bits per heavy atom. The highest BCUT2D eigenvalue weighted by Crippen LogP contribution is 2.35. The molecule has 0 radical (unpaired) electrons. The van der Waals surface area contributed by atoms with Crippen molar-refractivity contribution < 1.29 is 153 Å². The Morgan fingerprint density at radius 1 is 0.329 bits per heavy atom. The van der Waals surface area contributed by atoms with Crippen LogP contribution in [0.15, 0.2) is 0 Å². The maximum absolute atomic E-state index is 12.6. The number of amides is 4. The van der Waals surface area contributed by atoms with Crippen molar-refractivity contribution in [2.75, 3.05) is 39.6 Å². The molecule has 79 heavy (non-hydrogen) atoms. The van der Waals surface area contributed by atoms with Crippen LogP contribution in [0.5, 0.6) is 0 Å². The highest BCUT2D eigenvalue weighted by Gasteiger charge is 2.57. The molecule has 30 atom stereocenters. The molecule has 35 heteroatoms. The van der Waals surface area contributed by atoms with Gasteiger partial charge in [-0.25, -0.2) is 0 Å². The third-order valence-corrected chi connectivity index (χ3v) is 14.0. The average molecular weight is 1160 g/mol. The average Bonchev–Trinajstić information content (AvgIpc) is 3.42. The zero-order valence-corrected chi connectivity index (χ0v) is 42.8. The van der Waals surface area contributed by atoms with Crippen LogP contribution in [0.2, 0.25) is 0 Å². The number of carbonyl (C=O) groups excluding carboxylic acids is 4. The van der Waals surface area contributed by atoms with Crippen molar-refractivity contribution in [1.82, 2.24) is 21.3 Å². The molecule has 456 valence electrons. The number of rotatable bonds is 20. The van der Waals surface area contributed by atoms with Gasteiger partial charge in [0.25, 0.3) is 0 Å². The molecule has 6 aliphatic rings. The Balaban J connectivity index is 1.28. The molecule has 0 aliphatic carbocycles. The number of hydrogen-bond acceptors (Lipinski definition) is 31. The van der Waals surface area contributed by atoms with Gasteiger partial charge in [0.05, 0.1) is 39.6 Å². The topological polar surface area (TPSA) is 542 Å². The Bertz CT molecular complexity index is 1990. The van der Waals surface area contributed by atoms with E-state index in [0.717, 1.165) is 27.7 Å². The van der Waals surface area contributed by atoms with Crippen LogP contribution in [-0.2, 0) is 71.3 Å². The summed E-state index contributed by atoms with van der Waals surface area (Å²) in [7, 11) is 0. The van der Waals surface area contributed by atoms with Crippen LogP contribution < -0.4 is 21.3 Å². The van der Waals surface area contributed by atoms with Gasteiger partial charge in [0.1, 0.15) is 146 Å². The van der Waals surface area contributed by atoms with Crippen LogP contribution in [0.3, 0.4) is 0 Å². The Labute approximate surface area is 448 Å². The first-order valence-electron chi connectivity index (χ1n) is 25.1. The monoisotopic (exact) mass is 1150 g/mol. The minimum atomic E-state index is -2.28. The molecule has 6 aliphatic heterocycles. The molecule has 0 aromatic heterocycles. The normalized spacial score (nSPS) is 46.7. The van der Waals surface area contributed by atoms with E-state index in [1.807, 2.05) is 0 Å². The van der Waals surface area contributed by atoms with Gasteiger partial charge in [-0.05, 0) is 0 Å². The minimum Gasteiger partial charge on any atom is -0.394 e. The molecule has 6 heterocycles. The Morgan fingerprint density at radius 2 is 0.671 bits per heavy atom. The van der Waals surface area contributed by atoms with E-state index in [0.29, 0.717) is 0 Å². The van der Waals surface area contributed by atoms with E-state index in [1.165, 1.54) is 0 Å². The van der Waals surface area contributed by atoms with Crippen molar-refractivity contribution >= 4 is 23.6 Å². The quantitative estimate of drug-likeness (QED) is 0.0538. The van der Waals surface area contributed by atoms with Gasteiger partial charge in [0.15, 0.2) is 37.7 Å². The van der Waals surface area contributed by atoms with Crippen LogP contribution in [-0.4, -0.2) is 329 Å². The second-order valence-corrected chi connectivity index (χ2v) is 19.8. The molecule has 0 saturated carbocycles. The molecule has 6 rings (SSSR count). The maximum atomic E-state index is 12.6. The largest absolute Gasteiger partial charge is 0.394 e. The molecule has 0 spiro atoms. The van der Waals surface area contributed by atoms with Crippen molar-refractivity contribution in [2.45, 2.75) is 212 Å². The zero-order chi connectivity index (χ0) is 58.5. The van der Waals surface area contributed by atoms with Crippen LogP contribution in [0, 0.1) is 0 Å². The predicted molar refractivity (Wildman–Crippen MR) is 246 cm³/mol. The van der Waals surface area contributed by atoms with E-state index in [4.69, 9.17) is 52.1 Å². The zero-order valence-electron chi connectivity index (χ0n) is 42.8. The standard InChI is InChI=1S/C44H74N4O31/c1-11(53)45-21-30(62)25(57)15(5-49)72-40(21)70-10-20-29(61)38(79-42-22(46-12(2)54)31(63)26(58)16(6-50)73-42)35(67)44(76-20)78-37-24(48-14(4)56)39(68)71-19(28(37)60)9-69-41-23(47-13(3)55)32(64)36(18(8-52)75-41)77-43-34(66)33(65)27(59)17(7-51)74-43/h15-44,49-52,57-68H,5-10H2,1-4H3,(H,45,53)(H,46,54)(H,47,55)(H,48,56)/t15-,16-,17-,18-,19-,20-,21-,22-,23-,24-,25-,26-,27+,28+,29+,30-,31-,32-,33+,34-,35-,36-,37-,38+,39?,40-,41-,42+,43+,44+/m1/s1. The van der Waals surface area contributed by atoms with Crippen molar-refractivity contribution in [3.05, 3.63) is 0 Å². The Hall–Kier alpha value is -3.20. The maximum Gasteiger partial charge on any atom is 0.217 e. The summed E-state index contributed by atoms with van der Waals surface area (Å²) in [6.45, 7) is -1.23. The lowest BCUT2D eigenvalue weighted by atomic mass is 9.94. The molecule has 20 N–H and O–H groups in total. The second kappa shape index (κ2) is 28.4. The fourth-order valence-electron chi connectivity index (χ4n) is 9.92. The van der Waals surface area contributed by atoms with Gasteiger partial charge in [-0.15, -0.1) is 0 Å². The number of carbonyl (C=O) groups is 4. The molecular weight excluding hydrogens is 1080 g/mol. The van der Waals surface area contributed by atoms with E-state index in [9.17, 15) is 101 Å². The summed E-state index contributed by atoms with van der Waals surface area (Å²) >= 11 is 0. The summed E-state index contributed by atoms with van der Waals surface area (Å²) in [5, 5.41) is 182. The molecule has 0 aromatic carbocycles. The lowest BCUT2D eigenvalue weighted by molar-refractivity contribution is -0.372. The van der Waals surface area contributed by atoms with Gasteiger partial charge in [-0.3, -0.25) is 19.2 Å². The number of nitrogens with one attached hydrogen (secondary N) is 4. The van der Waals surface area contributed by atoms with Crippen molar-refractivity contribution in [3.8, 4) is 0 Å². The second-order valence-electron chi connectivity index (χ2n) is 19.8. The van der Waals surface area contributed by atoms with E-state index >= 15 is 0 Å². The highest BCUT2D eigenvalue weighted by atomic mass is 16.8. The molecule has 4 amide bonds. The summed E-state index contributed by atoms with van der Waals surface area (Å²) in [5.74, 6) is -3.17. The summed E-state index contributed by atoms with van der Waals surface area (Å²) in [6, 6.07) is -6.62. The van der Waals surface area contributed by atoms with Gasteiger partial charge in [0.2, 0.25) is 23.6 Å². The molecule has 0 bridgehead atoms. The van der Waals surface area contributed by atoms with Crippen molar-refractivity contribution in [1.29, 1.82) is 0 Å². The third-order valence-electron chi connectivity index (χ3n) is 14.0. The number of aliphatic hydroxyl groups is 16. The first-order chi connectivity index (χ1) is 37.3. The Kier molecular flexibility index (Phi) is 23.3.